The van der Waals surface area contributed by atoms with Gasteiger partial charge in [0.25, 0.3) is 10.0 Å². The second-order valence-electron chi connectivity index (χ2n) is 3.56. The molecule has 0 atom stereocenters. The lowest BCUT2D eigenvalue weighted by Gasteiger charge is -2.08. The topological polar surface area (TPSA) is 110 Å². The number of carbonyl (C=O) groups is 1. The van der Waals surface area contributed by atoms with Crippen LogP contribution < -0.4 is 4.72 Å². The van der Waals surface area contributed by atoms with Crippen molar-refractivity contribution in [2.24, 2.45) is 0 Å². The minimum Gasteiger partial charge on any atom is -0.478 e. The van der Waals surface area contributed by atoms with Crippen LogP contribution >= 0.6 is 11.6 Å². The first-order valence-corrected chi connectivity index (χ1v) is 6.83. The number of aromatic nitrogens is 1. The lowest BCUT2D eigenvalue weighted by molar-refractivity contribution is 0.0691. The maximum Gasteiger partial charge on any atom is 0.338 e. The number of halogens is 2. The molecular formula is C10H6ClFN2O5S. The fourth-order valence-electron chi connectivity index (χ4n) is 1.37. The van der Waals surface area contributed by atoms with E-state index in [1.54, 1.807) is 0 Å². The van der Waals surface area contributed by atoms with E-state index >= 15 is 0 Å². The summed E-state index contributed by atoms with van der Waals surface area (Å²) in [6.07, 6.45) is 1.11. The van der Waals surface area contributed by atoms with Crippen molar-refractivity contribution in [1.29, 1.82) is 0 Å². The second kappa shape index (κ2) is 5.10. The Labute approximate surface area is 117 Å². The summed E-state index contributed by atoms with van der Waals surface area (Å²) in [4.78, 5) is 9.93. The summed E-state index contributed by atoms with van der Waals surface area (Å²) in [7, 11) is -4.39. The van der Waals surface area contributed by atoms with Crippen molar-refractivity contribution in [1.82, 2.24) is 5.16 Å². The number of hydrogen-bond acceptors (Lipinski definition) is 5. The van der Waals surface area contributed by atoms with Crippen LogP contribution in [0.15, 0.2) is 33.9 Å². The van der Waals surface area contributed by atoms with Crippen LogP contribution in [0.4, 0.5) is 10.2 Å². The van der Waals surface area contributed by atoms with Gasteiger partial charge in [-0.05, 0) is 12.1 Å². The quantitative estimate of drug-likeness (QED) is 0.891. The maximum atomic E-state index is 13.9. The number of anilines is 1. The van der Waals surface area contributed by atoms with E-state index in [0.29, 0.717) is 0 Å². The molecule has 7 nitrogen and oxygen atoms in total. The lowest BCUT2D eigenvalue weighted by atomic mass is 10.2. The number of rotatable bonds is 4. The van der Waals surface area contributed by atoms with Crippen LogP contribution in [-0.2, 0) is 10.0 Å². The zero-order valence-corrected chi connectivity index (χ0v) is 11.1. The number of aromatic carboxylic acids is 1. The fourth-order valence-corrected chi connectivity index (χ4v) is 2.77. The van der Waals surface area contributed by atoms with Gasteiger partial charge in [0.1, 0.15) is 11.2 Å². The van der Waals surface area contributed by atoms with Gasteiger partial charge in [0.2, 0.25) is 0 Å². The Balaban J connectivity index is 2.54. The summed E-state index contributed by atoms with van der Waals surface area (Å²) in [5.41, 5.74) is -0.849. The van der Waals surface area contributed by atoms with Gasteiger partial charge in [-0.2, -0.15) is 0 Å². The molecule has 2 aromatic rings. The molecule has 0 unspecified atom stereocenters. The molecule has 0 aliphatic rings. The monoisotopic (exact) mass is 320 g/mol. The van der Waals surface area contributed by atoms with Gasteiger partial charge in [0.05, 0.1) is 5.56 Å². The number of sulfonamides is 1. The highest BCUT2D eigenvalue weighted by Gasteiger charge is 2.25. The number of hydrogen-bond donors (Lipinski definition) is 2. The first-order valence-electron chi connectivity index (χ1n) is 4.97. The number of nitrogens with one attached hydrogen (secondary N) is 1. The molecule has 20 heavy (non-hydrogen) atoms. The molecule has 0 spiro atoms. The molecule has 1 aromatic carbocycles. The maximum absolute atomic E-state index is 13.9. The minimum absolute atomic E-state index is 0.179. The van der Waals surface area contributed by atoms with Crippen molar-refractivity contribution in [2.45, 2.75) is 4.90 Å². The standard InChI is InChI=1S/C10H6ClFN2O5S/c11-5-3-6(10(15)16)9(12)7(4-5)20(17,18)14-8-1-2-19-13-8/h1-4H,(H,13,14)(H,15,16). The predicted octanol–water partition coefficient (Wildman–Crippen LogP) is 1.97. The Morgan fingerprint density at radius 1 is 1.45 bits per heavy atom. The molecule has 10 heteroatoms. The highest BCUT2D eigenvalue weighted by atomic mass is 35.5. The van der Waals surface area contributed by atoms with Gasteiger partial charge in [-0.1, -0.05) is 16.8 Å². The van der Waals surface area contributed by atoms with Crippen LogP contribution in [0.3, 0.4) is 0 Å². The van der Waals surface area contributed by atoms with Gasteiger partial charge in [-0.15, -0.1) is 0 Å². The van der Waals surface area contributed by atoms with Gasteiger partial charge in [0, 0.05) is 11.1 Å². The Bertz CT molecular complexity index is 760. The summed E-state index contributed by atoms with van der Waals surface area (Å²) in [6, 6.07) is 2.80. The van der Waals surface area contributed by atoms with Crippen LogP contribution in [0.25, 0.3) is 0 Å². The molecule has 0 amide bonds. The minimum atomic E-state index is -4.39. The summed E-state index contributed by atoms with van der Waals surface area (Å²) >= 11 is 5.60. The molecular weight excluding hydrogens is 315 g/mol. The van der Waals surface area contributed by atoms with Crippen LogP contribution in [0, 0.1) is 5.82 Å². The van der Waals surface area contributed by atoms with Crippen molar-refractivity contribution >= 4 is 33.4 Å². The van der Waals surface area contributed by atoms with Gasteiger partial charge in [-0.3, -0.25) is 4.72 Å². The number of carboxylic acids is 1. The largest absolute Gasteiger partial charge is 0.478 e. The van der Waals surface area contributed by atoms with E-state index in [1.807, 2.05) is 4.72 Å². The predicted molar refractivity (Wildman–Crippen MR) is 65.7 cm³/mol. The van der Waals surface area contributed by atoms with Crippen LogP contribution in [0.2, 0.25) is 5.02 Å². The summed E-state index contributed by atoms with van der Waals surface area (Å²) in [5.74, 6) is -3.23. The summed E-state index contributed by atoms with van der Waals surface area (Å²) in [5, 5.41) is 11.9. The second-order valence-corrected chi connectivity index (χ2v) is 5.65. The number of nitrogens with zero attached hydrogens (tertiary/aromatic N) is 1. The third-order valence-corrected chi connectivity index (χ3v) is 3.77. The average Bonchev–Trinajstić information content (AvgIpc) is 2.83. The molecule has 0 fully saturated rings. The van der Waals surface area contributed by atoms with E-state index in [2.05, 4.69) is 9.68 Å². The van der Waals surface area contributed by atoms with E-state index in [1.165, 1.54) is 6.07 Å². The summed E-state index contributed by atoms with van der Waals surface area (Å²) < 4.78 is 44.2. The molecule has 1 heterocycles. The molecule has 0 radical (unpaired) electrons. The van der Waals surface area contributed by atoms with Gasteiger partial charge < -0.3 is 9.63 Å². The number of benzene rings is 1. The zero-order chi connectivity index (χ0) is 14.9. The van der Waals surface area contributed by atoms with Crippen LogP contribution in [0.5, 0.6) is 0 Å². The van der Waals surface area contributed by atoms with Crippen molar-refractivity contribution in [3.05, 3.63) is 40.9 Å². The van der Waals surface area contributed by atoms with Gasteiger partial charge in [-0.25, -0.2) is 17.6 Å². The van der Waals surface area contributed by atoms with Crippen molar-refractivity contribution in [3.8, 4) is 0 Å². The van der Waals surface area contributed by atoms with Crippen molar-refractivity contribution in [3.63, 3.8) is 0 Å². The highest BCUT2D eigenvalue weighted by molar-refractivity contribution is 7.92. The van der Waals surface area contributed by atoms with Crippen molar-refractivity contribution in [2.75, 3.05) is 4.72 Å². The van der Waals surface area contributed by atoms with E-state index in [-0.39, 0.29) is 10.8 Å². The Morgan fingerprint density at radius 3 is 2.70 bits per heavy atom. The molecule has 106 valence electrons. The lowest BCUT2D eigenvalue weighted by Crippen LogP contribution is -2.16. The zero-order valence-electron chi connectivity index (χ0n) is 9.50. The Kier molecular flexibility index (Phi) is 3.64. The molecule has 1 aromatic heterocycles. The SMILES string of the molecule is O=C(O)c1cc(Cl)cc(S(=O)(=O)Nc2ccon2)c1F. The summed E-state index contributed by atoms with van der Waals surface area (Å²) in [6.45, 7) is 0. The van der Waals surface area contributed by atoms with E-state index in [9.17, 15) is 17.6 Å². The third-order valence-electron chi connectivity index (χ3n) is 2.20. The smallest absolute Gasteiger partial charge is 0.338 e. The normalized spacial score (nSPS) is 11.3. The first-order chi connectivity index (χ1) is 9.31. The van der Waals surface area contributed by atoms with E-state index < -0.39 is 32.3 Å². The van der Waals surface area contributed by atoms with E-state index in [0.717, 1.165) is 18.4 Å². The molecule has 0 bridgehead atoms. The Hall–Kier alpha value is -2.13. The highest BCUT2D eigenvalue weighted by Crippen LogP contribution is 2.25. The molecule has 0 saturated carbocycles. The van der Waals surface area contributed by atoms with Crippen LogP contribution in [0.1, 0.15) is 10.4 Å². The molecule has 0 saturated heterocycles. The van der Waals surface area contributed by atoms with Gasteiger partial charge in [0.15, 0.2) is 11.6 Å². The van der Waals surface area contributed by atoms with Crippen LogP contribution in [-0.4, -0.2) is 24.7 Å². The third kappa shape index (κ3) is 2.73. The number of carboxylic acid groups (broad SMARTS) is 1. The molecule has 0 aliphatic heterocycles. The Morgan fingerprint density at radius 2 is 2.15 bits per heavy atom. The molecule has 0 aliphatic carbocycles. The first kappa shape index (κ1) is 14.3. The van der Waals surface area contributed by atoms with Crippen molar-refractivity contribution < 1.29 is 27.2 Å². The fraction of sp³-hybridized carbons (Fsp3) is 0. The average molecular weight is 321 g/mol. The molecule has 2 rings (SSSR count). The van der Waals surface area contributed by atoms with E-state index in [4.69, 9.17) is 16.7 Å². The molecule has 2 N–H and O–H groups in total. The van der Waals surface area contributed by atoms with Gasteiger partial charge >= 0.3 is 5.97 Å².